The lowest BCUT2D eigenvalue weighted by Gasteiger charge is -2.09. The lowest BCUT2D eigenvalue weighted by Crippen LogP contribution is -2.28. The topological polar surface area (TPSA) is 88.9 Å². The lowest BCUT2D eigenvalue weighted by atomic mass is 10.2. The molecule has 0 fully saturated rings. The van der Waals surface area contributed by atoms with Gasteiger partial charge in [0.2, 0.25) is 5.91 Å². The third-order valence-corrected chi connectivity index (χ3v) is 4.14. The first-order valence-corrected chi connectivity index (χ1v) is 8.64. The number of aryl methyl sites for hydroxylation is 1. The second kappa shape index (κ2) is 8.27. The van der Waals surface area contributed by atoms with Crippen LogP contribution in [0.2, 0.25) is 0 Å². The van der Waals surface area contributed by atoms with Crippen molar-refractivity contribution in [1.29, 1.82) is 0 Å². The molecule has 0 saturated carbocycles. The SMILES string of the molecule is Cc1cc(C(=O)NCCC(=O)Nc2cccnc2)c(C)n1-c1ccccn1. The molecular formula is C20H21N5O2. The molecular weight excluding hydrogens is 342 g/mol. The summed E-state index contributed by atoms with van der Waals surface area (Å²) < 4.78 is 1.93. The van der Waals surface area contributed by atoms with E-state index in [2.05, 4.69) is 20.6 Å². The van der Waals surface area contributed by atoms with Crippen LogP contribution in [0.1, 0.15) is 28.2 Å². The van der Waals surface area contributed by atoms with Crippen LogP contribution in [0.4, 0.5) is 5.69 Å². The first-order chi connectivity index (χ1) is 13.1. The molecule has 0 aliphatic carbocycles. The molecule has 138 valence electrons. The monoisotopic (exact) mass is 363 g/mol. The first kappa shape index (κ1) is 18.3. The second-order valence-corrected chi connectivity index (χ2v) is 6.10. The highest BCUT2D eigenvalue weighted by Crippen LogP contribution is 2.19. The summed E-state index contributed by atoms with van der Waals surface area (Å²) in [7, 11) is 0. The normalized spacial score (nSPS) is 10.4. The zero-order valence-corrected chi connectivity index (χ0v) is 15.3. The van der Waals surface area contributed by atoms with Crippen molar-refractivity contribution in [1.82, 2.24) is 19.9 Å². The van der Waals surface area contributed by atoms with Gasteiger partial charge in [0.25, 0.3) is 5.91 Å². The molecule has 3 rings (SSSR count). The highest BCUT2D eigenvalue weighted by atomic mass is 16.2. The van der Waals surface area contributed by atoms with Crippen LogP contribution in [0.15, 0.2) is 55.0 Å². The summed E-state index contributed by atoms with van der Waals surface area (Å²) in [5, 5.41) is 5.54. The van der Waals surface area contributed by atoms with Gasteiger partial charge in [-0.25, -0.2) is 4.98 Å². The molecule has 7 heteroatoms. The van der Waals surface area contributed by atoms with Crippen LogP contribution in [-0.4, -0.2) is 32.9 Å². The highest BCUT2D eigenvalue weighted by molar-refractivity contribution is 5.96. The molecule has 7 nitrogen and oxygen atoms in total. The number of rotatable bonds is 6. The number of carbonyl (C=O) groups excluding carboxylic acids is 2. The minimum Gasteiger partial charge on any atom is -0.351 e. The van der Waals surface area contributed by atoms with E-state index in [1.807, 2.05) is 42.7 Å². The van der Waals surface area contributed by atoms with Gasteiger partial charge in [0.05, 0.1) is 17.4 Å². The highest BCUT2D eigenvalue weighted by Gasteiger charge is 2.17. The molecule has 0 aliphatic heterocycles. The van der Waals surface area contributed by atoms with E-state index in [1.165, 1.54) is 0 Å². The summed E-state index contributed by atoms with van der Waals surface area (Å²) in [5.41, 5.74) is 2.94. The molecule has 0 radical (unpaired) electrons. The van der Waals surface area contributed by atoms with Crippen molar-refractivity contribution < 1.29 is 9.59 Å². The average molecular weight is 363 g/mol. The first-order valence-electron chi connectivity index (χ1n) is 8.64. The zero-order valence-electron chi connectivity index (χ0n) is 15.3. The Morgan fingerprint density at radius 3 is 2.67 bits per heavy atom. The van der Waals surface area contributed by atoms with Gasteiger partial charge in [-0.3, -0.25) is 14.6 Å². The van der Waals surface area contributed by atoms with E-state index in [1.54, 1.807) is 30.7 Å². The molecule has 0 aromatic carbocycles. The third-order valence-electron chi connectivity index (χ3n) is 4.14. The van der Waals surface area contributed by atoms with Gasteiger partial charge in [0.1, 0.15) is 5.82 Å². The van der Waals surface area contributed by atoms with E-state index in [9.17, 15) is 9.59 Å². The van der Waals surface area contributed by atoms with Crippen molar-refractivity contribution in [3.8, 4) is 5.82 Å². The van der Waals surface area contributed by atoms with E-state index in [0.29, 0.717) is 11.3 Å². The van der Waals surface area contributed by atoms with Crippen LogP contribution < -0.4 is 10.6 Å². The Bertz CT molecular complexity index is 936. The van der Waals surface area contributed by atoms with Crippen LogP contribution in [0.3, 0.4) is 0 Å². The maximum atomic E-state index is 12.5. The fraction of sp³-hybridized carbons (Fsp3) is 0.200. The molecule has 2 amide bonds. The van der Waals surface area contributed by atoms with Gasteiger partial charge < -0.3 is 15.2 Å². The van der Waals surface area contributed by atoms with Crippen LogP contribution in [-0.2, 0) is 4.79 Å². The molecule has 0 spiro atoms. The lowest BCUT2D eigenvalue weighted by molar-refractivity contribution is -0.116. The fourth-order valence-corrected chi connectivity index (χ4v) is 2.88. The number of pyridine rings is 2. The number of aromatic nitrogens is 3. The van der Waals surface area contributed by atoms with Gasteiger partial charge in [-0.2, -0.15) is 0 Å². The van der Waals surface area contributed by atoms with Gasteiger partial charge in [-0.1, -0.05) is 6.07 Å². The second-order valence-electron chi connectivity index (χ2n) is 6.10. The largest absolute Gasteiger partial charge is 0.351 e. The van der Waals surface area contributed by atoms with E-state index in [4.69, 9.17) is 0 Å². The van der Waals surface area contributed by atoms with Crippen LogP contribution in [0.25, 0.3) is 5.82 Å². The smallest absolute Gasteiger partial charge is 0.253 e. The maximum absolute atomic E-state index is 12.5. The molecule has 3 aromatic rings. The van der Waals surface area contributed by atoms with Crippen molar-refractivity contribution in [2.75, 3.05) is 11.9 Å². The van der Waals surface area contributed by atoms with Crippen LogP contribution in [0.5, 0.6) is 0 Å². The summed E-state index contributed by atoms with van der Waals surface area (Å²) in [6.07, 6.45) is 5.11. The quantitative estimate of drug-likeness (QED) is 0.705. The summed E-state index contributed by atoms with van der Waals surface area (Å²) in [5.74, 6) is 0.379. The maximum Gasteiger partial charge on any atom is 0.253 e. The van der Waals surface area contributed by atoms with Gasteiger partial charge in [-0.05, 0) is 44.2 Å². The van der Waals surface area contributed by atoms with Gasteiger partial charge in [-0.15, -0.1) is 0 Å². The van der Waals surface area contributed by atoms with Gasteiger partial charge in [0.15, 0.2) is 0 Å². The Balaban J connectivity index is 1.59. The molecule has 0 bridgehead atoms. The molecule has 0 atom stereocenters. The average Bonchev–Trinajstić information content (AvgIpc) is 2.97. The van der Waals surface area contributed by atoms with Crippen molar-refractivity contribution in [2.45, 2.75) is 20.3 Å². The Kier molecular flexibility index (Phi) is 5.61. The van der Waals surface area contributed by atoms with Gasteiger partial charge >= 0.3 is 0 Å². The van der Waals surface area contributed by atoms with E-state index >= 15 is 0 Å². The number of nitrogens with zero attached hydrogens (tertiary/aromatic N) is 3. The van der Waals surface area contributed by atoms with Crippen molar-refractivity contribution in [3.05, 3.63) is 71.9 Å². The van der Waals surface area contributed by atoms with Crippen LogP contribution in [0, 0.1) is 13.8 Å². The number of carbonyl (C=O) groups is 2. The Labute approximate surface area is 157 Å². The van der Waals surface area contributed by atoms with E-state index < -0.39 is 0 Å². The summed E-state index contributed by atoms with van der Waals surface area (Å²) in [6.45, 7) is 4.06. The molecule has 3 heterocycles. The zero-order chi connectivity index (χ0) is 19.2. The Morgan fingerprint density at radius 2 is 1.96 bits per heavy atom. The minimum absolute atomic E-state index is 0.178. The molecule has 0 aliphatic rings. The van der Waals surface area contributed by atoms with Crippen molar-refractivity contribution in [3.63, 3.8) is 0 Å². The molecule has 3 aromatic heterocycles. The Hall–Kier alpha value is -3.48. The van der Waals surface area contributed by atoms with Gasteiger partial charge in [0, 0.05) is 36.7 Å². The summed E-state index contributed by atoms with van der Waals surface area (Å²) in [4.78, 5) is 32.7. The molecule has 2 N–H and O–H groups in total. The number of amides is 2. The predicted molar refractivity (Wildman–Crippen MR) is 103 cm³/mol. The number of nitrogens with one attached hydrogen (secondary N) is 2. The van der Waals surface area contributed by atoms with Crippen molar-refractivity contribution in [2.24, 2.45) is 0 Å². The predicted octanol–water partition coefficient (Wildman–Crippen LogP) is 2.64. The van der Waals surface area contributed by atoms with Crippen molar-refractivity contribution >= 4 is 17.5 Å². The number of hydrogen-bond acceptors (Lipinski definition) is 4. The molecule has 0 saturated heterocycles. The third kappa shape index (κ3) is 4.38. The van der Waals surface area contributed by atoms with Crippen LogP contribution >= 0.6 is 0 Å². The van der Waals surface area contributed by atoms with E-state index in [0.717, 1.165) is 17.2 Å². The fourth-order valence-electron chi connectivity index (χ4n) is 2.88. The molecule has 0 unspecified atom stereocenters. The number of anilines is 1. The number of hydrogen-bond donors (Lipinski definition) is 2. The summed E-state index contributed by atoms with van der Waals surface area (Å²) >= 11 is 0. The minimum atomic E-state index is -0.209. The standard InChI is InChI=1S/C20H21N5O2/c1-14-12-17(15(2)25(14)18-7-3-4-10-22-18)20(27)23-11-8-19(26)24-16-6-5-9-21-13-16/h3-7,9-10,12-13H,8,11H2,1-2H3,(H,23,27)(H,24,26). The van der Waals surface area contributed by atoms with E-state index in [-0.39, 0.29) is 24.8 Å². The summed E-state index contributed by atoms with van der Waals surface area (Å²) in [6, 6.07) is 11.0. The molecule has 27 heavy (non-hydrogen) atoms. The Morgan fingerprint density at radius 1 is 1.11 bits per heavy atom.